The van der Waals surface area contributed by atoms with Gasteiger partial charge in [-0.25, -0.2) is 4.39 Å². The lowest BCUT2D eigenvalue weighted by molar-refractivity contribution is 0.201. The lowest BCUT2D eigenvalue weighted by Crippen LogP contribution is -2.30. The zero-order chi connectivity index (χ0) is 12.4. The summed E-state index contributed by atoms with van der Waals surface area (Å²) < 4.78 is 19.2. The third-order valence-electron chi connectivity index (χ3n) is 2.91. The number of rotatable bonds is 3. The Balaban J connectivity index is 2.21. The fraction of sp³-hybridized carbons (Fsp3) is 0.455. The van der Waals surface area contributed by atoms with E-state index in [1.807, 2.05) is 0 Å². The summed E-state index contributed by atoms with van der Waals surface area (Å²) in [7, 11) is -1.73. The van der Waals surface area contributed by atoms with E-state index in [9.17, 15) is 4.39 Å². The van der Waals surface area contributed by atoms with Gasteiger partial charge in [0.1, 0.15) is 0 Å². The second-order valence-electron chi connectivity index (χ2n) is 4.21. The molecule has 0 saturated heterocycles. The first-order chi connectivity index (χ1) is 8.08. The van der Waals surface area contributed by atoms with Crippen LogP contribution in [0.2, 0.25) is 5.02 Å². The second-order valence-corrected chi connectivity index (χ2v) is 4.62. The Morgan fingerprint density at radius 3 is 2.47 bits per heavy atom. The van der Waals surface area contributed by atoms with E-state index in [1.54, 1.807) is 0 Å². The second kappa shape index (κ2) is 5.25. The number of hydrogen-bond donors (Lipinski definition) is 2. The lowest BCUT2D eigenvalue weighted by Gasteiger charge is -2.15. The molecule has 0 heterocycles. The van der Waals surface area contributed by atoms with Crippen LogP contribution in [0.25, 0.3) is 0 Å². The highest BCUT2D eigenvalue weighted by molar-refractivity contribution is 6.59. The molecule has 0 radical (unpaired) electrons. The largest absolute Gasteiger partial charge is 0.488 e. The topological polar surface area (TPSA) is 49.7 Å². The molecule has 0 atom stereocenters. The third-order valence-corrected chi connectivity index (χ3v) is 3.19. The Kier molecular flexibility index (Phi) is 3.91. The average molecular weight is 258 g/mol. The summed E-state index contributed by atoms with van der Waals surface area (Å²) in [5.74, 6) is -0.657. The van der Waals surface area contributed by atoms with E-state index in [0.717, 1.165) is 31.7 Å². The summed E-state index contributed by atoms with van der Waals surface area (Å²) in [4.78, 5) is 0. The van der Waals surface area contributed by atoms with Crippen LogP contribution in [0.3, 0.4) is 0 Å². The van der Waals surface area contributed by atoms with E-state index in [0.29, 0.717) is 0 Å². The Labute approximate surface area is 104 Å². The molecule has 1 aliphatic rings. The maximum atomic E-state index is 13.7. The van der Waals surface area contributed by atoms with Gasteiger partial charge in [-0.2, -0.15) is 0 Å². The molecular formula is C11H13BClFO3. The van der Waals surface area contributed by atoms with Crippen molar-refractivity contribution in [1.82, 2.24) is 0 Å². The van der Waals surface area contributed by atoms with Gasteiger partial charge in [-0.3, -0.25) is 0 Å². The molecular weight excluding hydrogens is 245 g/mol. The van der Waals surface area contributed by atoms with Crippen molar-refractivity contribution in [3.63, 3.8) is 0 Å². The molecule has 0 aromatic heterocycles. The number of halogens is 2. The van der Waals surface area contributed by atoms with Gasteiger partial charge in [-0.1, -0.05) is 11.6 Å². The molecule has 0 unspecified atom stereocenters. The first-order valence-electron chi connectivity index (χ1n) is 5.59. The van der Waals surface area contributed by atoms with E-state index in [1.165, 1.54) is 6.07 Å². The zero-order valence-electron chi connectivity index (χ0n) is 9.20. The summed E-state index contributed by atoms with van der Waals surface area (Å²) in [5.41, 5.74) is 0.0197. The molecule has 2 N–H and O–H groups in total. The van der Waals surface area contributed by atoms with Crippen LogP contribution in [0.1, 0.15) is 25.7 Å². The van der Waals surface area contributed by atoms with Crippen molar-refractivity contribution in [3.05, 3.63) is 23.0 Å². The molecule has 2 rings (SSSR count). The van der Waals surface area contributed by atoms with E-state index in [-0.39, 0.29) is 22.3 Å². The van der Waals surface area contributed by atoms with Gasteiger partial charge in [0, 0.05) is 0 Å². The fourth-order valence-electron chi connectivity index (χ4n) is 2.01. The molecule has 1 aliphatic carbocycles. The van der Waals surface area contributed by atoms with E-state index < -0.39 is 12.9 Å². The third kappa shape index (κ3) is 2.91. The number of benzene rings is 1. The maximum absolute atomic E-state index is 13.7. The molecule has 0 amide bonds. The van der Waals surface area contributed by atoms with Crippen LogP contribution in [-0.4, -0.2) is 23.3 Å². The molecule has 0 spiro atoms. The maximum Gasteiger partial charge on any atom is 0.488 e. The highest BCUT2D eigenvalue weighted by Crippen LogP contribution is 2.31. The van der Waals surface area contributed by atoms with Gasteiger partial charge in [0.2, 0.25) is 0 Å². The normalized spacial score (nSPS) is 16.2. The Bertz CT molecular complexity index is 385. The molecule has 1 saturated carbocycles. The molecule has 1 fully saturated rings. The molecule has 0 bridgehead atoms. The Hall–Kier alpha value is -0.775. The van der Waals surface area contributed by atoms with Crippen LogP contribution in [0, 0.1) is 5.82 Å². The summed E-state index contributed by atoms with van der Waals surface area (Å²) in [6.45, 7) is 0. The molecule has 6 heteroatoms. The molecule has 1 aromatic rings. The van der Waals surface area contributed by atoms with Crippen LogP contribution < -0.4 is 10.2 Å². The summed E-state index contributed by atoms with van der Waals surface area (Å²) in [6.07, 6.45) is 3.97. The van der Waals surface area contributed by atoms with Crippen molar-refractivity contribution >= 4 is 24.2 Å². The number of ether oxygens (including phenoxy) is 1. The predicted molar refractivity (Wildman–Crippen MR) is 64.1 cm³/mol. The van der Waals surface area contributed by atoms with Crippen molar-refractivity contribution in [2.75, 3.05) is 0 Å². The van der Waals surface area contributed by atoms with Crippen molar-refractivity contribution in [2.45, 2.75) is 31.8 Å². The van der Waals surface area contributed by atoms with E-state index >= 15 is 0 Å². The van der Waals surface area contributed by atoms with Gasteiger partial charge < -0.3 is 14.8 Å². The highest BCUT2D eigenvalue weighted by atomic mass is 35.5. The van der Waals surface area contributed by atoms with Gasteiger partial charge in [0.05, 0.1) is 11.1 Å². The molecule has 0 aliphatic heterocycles. The molecule has 17 heavy (non-hydrogen) atoms. The van der Waals surface area contributed by atoms with Crippen molar-refractivity contribution in [2.24, 2.45) is 0 Å². The van der Waals surface area contributed by atoms with Gasteiger partial charge in [-0.05, 0) is 43.3 Å². The van der Waals surface area contributed by atoms with Gasteiger partial charge in [0.15, 0.2) is 11.6 Å². The number of hydrogen-bond acceptors (Lipinski definition) is 3. The monoisotopic (exact) mass is 258 g/mol. The summed E-state index contributed by atoms with van der Waals surface area (Å²) in [6, 6.07) is 2.33. The smallest absolute Gasteiger partial charge is 0.486 e. The van der Waals surface area contributed by atoms with Gasteiger partial charge >= 0.3 is 7.12 Å². The van der Waals surface area contributed by atoms with E-state index in [2.05, 4.69) is 0 Å². The van der Waals surface area contributed by atoms with Crippen molar-refractivity contribution < 1.29 is 19.2 Å². The zero-order valence-corrected chi connectivity index (χ0v) is 9.95. The van der Waals surface area contributed by atoms with E-state index in [4.69, 9.17) is 26.4 Å². The van der Waals surface area contributed by atoms with Crippen LogP contribution >= 0.6 is 11.6 Å². The fourth-order valence-corrected chi connectivity index (χ4v) is 2.27. The average Bonchev–Trinajstić information content (AvgIpc) is 2.75. The predicted octanol–water partition coefficient (Wildman–Crippen LogP) is 1.48. The summed E-state index contributed by atoms with van der Waals surface area (Å²) >= 11 is 5.87. The van der Waals surface area contributed by atoms with Gasteiger partial charge in [-0.15, -0.1) is 0 Å². The lowest BCUT2D eigenvalue weighted by atomic mass is 9.80. The Morgan fingerprint density at radius 2 is 1.94 bits per heavy atom. The quantitative estimate of drug-likeness (QED) is 0.808. The Morgan fingerprint density at radius 1 is 1.29 bits per heavy atom. The van der Waals surface area contributed by atoms with Gasteiger partial charge in [0.25, 0.3) is 0 Å². The minimum atomic E-state index is -1.73. The van der Waals surface area contributed by atoms with Crippen molar-refractivity contribution in [1.29, 1.82) is 0 Å². The minimum Gasteiger partial charge on any atom is -0.486 e. The van der Waals surface area contributed by atoms with Crippen LogP contribution in [0.15, 0.2) is 12.1 Å². The minimum absolute atomic E-state index is 0.00275. The SMILES string of the molecule is OB(O)c1cc(F)c(OC2CCCC2)c(Cl)c1. The first-order valence-corrected chi connectivity index (χ1v) is 5.97. The first kappa shape index (κ1) is 12.7. The highest BCUT2D eigenvalue weighted by Gasteiger charge is 2.22. The standard InChI is InChI=1S/C11H13BClFO3/c13-9-5-7(12(15)16)6-10(14)11(9)17-8-3-1-2-4-8/h5-6,8,15-16H,1-4H2. The molecule has 1 aromatic carbocycles. The molecule has 3 nitrogen and oxygen atoms in total. The van der Waals surface area contributed by atoms with Crippen molar-refractivity contribution in [3.8, 4) is 5.75 Å². The van der Waals surface area contributed by atoms with Crippen LogP contribution in [0.5, 0.6) is 5.75 Å². The molecule has 92 valence electrons. The van der Waals surface area contributed by atoms with Crippen LogP contribution in [0.4, 0.5) is 4.39 Å². The van der Waals surface area contributed by atoms with Crippen LogP contribution in [-0.2, 0) is 0 Å². The summed E-state index contributed by atoms with van der Waals surface area (Å²) in [5, 5.41) is 17.9.